The van der Waals surface area contributed by atoms with E-state index in [0.29, 0.717) is 11.4 Å². The largest absolute Gasteiger partial charge is 0.336 e. The van der Waals surface area contributed by atoms with E-state index in [-0.39, 0.29) is 17.9 Å². The Bertz CT molecular complexity index is 722. The van der Waals surface area contributed by atoms with Gasteiger partial charge in [-0.05, 0) is 30.5 Å². The van der Waals surface area contributed by atoms with E-state index in [1.54, 1.807) is 18.3 Å². The normalized spacial score (nSPS) is 17.2. The molecule has 1 saturated carbocycles. The zero-order chi connectivity index (χ0) is 18.4. The molecule has 1 aliphatic rings. The van der Waals surface area contributed by atoms with Crippen molar-refractivity contribution in [3.8, 4) is 0 Å². The molecule has 1 aromatic heterocycles. The molecule has 0 bridgehead atoms. The molecule has 3 rings (SSSR count). The average Bonchev–Trinajstić information content (AvgIpc) is 3.01. The summed E-state index contributed by atoms with van der Waals surface area (Å²) >= 11 is 0. The van der Waals surface area contributed by atoms with Gasteiger partial charge in [-0.3, -0.25) is 0 Å². The lowest BCUT2D eigenvalue weighted by Crippen LogP contribution is -2.44. The first-order chi connectivity index (χ1) is 12.6. The number of carbonyl (C=O) groups excluding carboxylic acids is 1. The number of aromatic nitrogens is 2. The van der Waals surface area contributed by atoms with Gasteiger partial charge in [0.2, 0.25) is 0 Å². The molecule has 2 aromatic rings. The molecule has 1 aromatic carbocycles. The molecule has 26 heavy (non-hydrogen) atoms. The van der Waals surface area contributed by atoms with E-state index in [9.17, 15) is 9.18 Å². The number of hydrogen-bond donors (Lipinski definition) is 2. The van der Waals surface area contributed by atoms with Gasteiger partial charge in [-0.2, -0.15) is 0 Å². The fourth-order valence-corrected chi connectivity index (χ4v) is 3.60. The molecule has 6 heteroatoms. The van der Waals surface area contributed by atoms with Crippen LogP contribution in [0.2, 0.25) is 0 Å². The van der Waals surface area contributed by atoms with Crippen LogP contribution in [-0.4, -0.2) is 21.6 Å². The molecule has 0 aliphatic heterocycles. The summed E-state index contributed by atoms with van der Waals surface area (Å²) in [6, 6.07) is 5.76. The molecule has 0 saturated heterocycles. The molecule has 1 atom stereocenters. The van der Waals surface area contributed by atoms with Gasteiger partial charge in [0.15, 0.2) is 0 Å². The van der Waals surface area contributed by atoms with E-state index >= 15 is 0 Å². The summed E-state index contributed by atoms with van der Waals surface area (Å²) in [6.07, 6.45) is 11.6. The van der Waals surface area contributed by atoms with E-state index in [2.05, 4.69) is 15.6 Å². The van der Waals surface area contributed by atoms with Crippen molar-refractivity contribution in [2.45, 2.75) is 57.0 Å². The Morgan fingerprint density at radius 2 is 1.96 bits per heavy atom. The zero-order valence-corrected chi connectivity index (χ0v) is 15.2. The maximum atomic E-state index is 13.7. The summed E-state index contributed by atoms with van der Waals surface area (Å²) in [5.74, 6) is 0.340. The summed E-state index contributed by atoms with van der Waals surface area (Å²) in [5, 5.41) is 6.09. The van der Waals surface area contributed by atoms with Crippen molar-refractivity contribution in [2.24, 2.45) is 7.05 Å². The van der Waals surface area contributed by atoms with Crippen LogP contribution in [0.3, 0.4) is 0 Å². The van der Waals surface area contributed by atoms with Gasteiger partial charge in [0.25, 0.3) is 0 Å². The van der Waals surface area contributed by atoms with Gasteiger partial charge >= 0.3 is 6.03 Å². The Morgan fingerprint density at radius 1 is 1.23 bits per heavy atom. The Kier molecular flexibility index (Phi) is 6.26. The molecule has 2 amide bonds. The maximum Gasteiger partial charge on any atom is 0.315 e. The van der Waals surface area contributed by atoms with E-state index in [1.165, 1.54) is 31.4 Å². The molecular formula is C20H27FN4O. The molecule has 2 N–H and O–H groups in total. The molecule has 5 nitrogen and oxygen atoms in total. The quantitative estimate of drug-likeness (QED) is 0.866. The molecule has 1 aliphatic carbocycles. The van der Waals surface area contributed by atoms with Crippen molar-refractivity contribution in [3.05, 3.63) is 53.9 Å². The SMILES string of the molecule is Cn1ccnc1[C@H](NC(=O)NC1CCCCCCC1)c1cccc(F)c1. The Hall–Kier alpha value is -2.37. The second-order valence-electron chi connectivity index (χ2n) is 7.04. The molecule has 1 fully saturated rings. The molecule has 140 valence electrons. The Balaban J connectivity index is 1.73. The number of hydrogen-bond acceptors (Lipinski definition) is 2. The van der Waals surface area contributed by atoms with Crippen molar-refractivity contribution in [3.63, 3.8) is 0 Å². The number of urea groups is 1. The third-order valence-electron chi connectivity index (χ3n) is 5.01. The number of imidazole rings is 1. The van der Waals surface area contributed by atoms with Gasteiger partial charge in [0.1, 0.15) is 17.7 Å². The smallest absolute Gasteiger partial charge is 0.315 e. The van der Waals surface area contributed by atoms with Crippen LogP contribution in [0.5, 0.6) is 0 Å². The van der Waals surface area contributed by atoms with Crippen LogP contribution in [0.15, 0.2) is 36.7 Å². The molecule has 0 spiro atoms. The number of nitrogens with zero attached hydrogens (tertiary/aromatic N) is 2. The highest BCUT2D eigenvalue weighted by Crippen LogP contribution is 2.22. The van der Waals surface area contributed by atoms with Crippen LogP contribution in [0.4, 0.5) is 9.18 Å². The van der Waals surface area contributed by atoms with E-state index in [4.69, 9.17) is 0 Å². The van der Waals surface area contributed by atoms with Crippen molar-refractivity contribution >= 4 is 6.03 Å². The first-order valence-corrected chi connectivity index (χ1v) is 9.43. The predicted octanol–water partition coefficient (Wildman–Crippen LogP) is 4.06. The monoisotopic (exact) mass is 358 g/mol. The van der Waals surface area contributed by atoms with Crippen LogP contribution in [0, 0.1) is 5.82 Å². The Morgan fingerprint density at radius 3 is 2.62 bits per heavy atom. The summed E-state index contributed by atoms with van der Waals surface area (Å²) < 4.78 is 15.5. The van der Waals surface area contributed by atoms with Gasteiger partial charge < -0.3 is 15.2 Å². The average molecular weight is 358 g/mol. The van der Waals surface area contributed by atoms with Crippen molar-refractivity contribution in [1.29, 1.82) is 0 Å². The zero-order valence-electron chi connectivity index (χ0n) is 15.2. The standard InChI is InChI=1S/C20H27FN4O/c1-25-13-12-22-19(25)18(15-8-7-9-16(21)14-15)24-20(26)23-17-10-5-3-2-4-6-11-17/h7-9,12-14,17-18H,2-6,10-11H2,1H3,(H2,23,24,26)/t18-/m1/s1. The summed E-state index contributed by atoms with van der Waals surface area (Å²) in [5.41, 5.74) is 0.673. The van der Waals surface area contributed by atoms with Crippen LogP contribution >= 0.6 is 0 Å². The van der Waals surface area contributed by atoms with Crippen LogP contribution in [0.1, 0.15) is 62.4 Å². The second kappa shape index (κ2) is 8.83. The van der Waals surface area contributed by atoms with E-state index in [0.717, 1.165) is 25.7 Å². The van der Waals surface area contributed by atoms with Gasteiger partial charge in [0, 0.05) is 25.5 Å². The fourth-order valence-electron chi connectivity index (χ4n) is 3.60. The molecule has 1 heterocycles. The first-order valence-electron chi connectivity index (χ1n) is 9.43. The van der Waals surface area contributed by atoms with Crippen molar-refractivity contribution < 1.29 is 9.18 Å². The summed E-state index contributed by atoms with van der Waals surface area (Å²) in [6.45, 7) is 0. The lowest BCUT2D eigenvalue weighted by atomic mass is 9.97. The van der Waals surface area contributed by atoms with Crippen LogP contribution in [-0.2, 0) is 7.05 Å². The highest BCUT2D eigenvalue weighted by atomic mass is 19.1. The second-order valence-corrected chi connectivity index (χ2v) is 7.04. The van der Waals surface area contributed by atoms with Crippen molar-refractivity contribution in [2.75, 3.05) is 0 Å². The lowest BCUT2D eigenvalue weighted by molar-refractivity contribution is 0.231. The first kappa shape index (κ1) is 18.4. The number of carbonyl (C=O) groups is 1. The van der Waals surface area contributed by atoms with E-state index in [1.807, 2.05) is 17.8 Å². The van der Waals surface area contributed by atoms with Crippen molar-refractivity contribution in [1.82, 2.24) is 20.2 Å². The minimum atomic E-state index is -0.501. The third-order valence-corrected chi connectivity index (χ3v) is 5.01. The summed E-state index contributed by atoms with van der Waals surface area (Å²) in [7, 11) is 1.86. The summed E-state index contributed by atoms with van der Waals surface area (Å²) in [4.78, 5) is 17.0. The number of rotatable bonds is 4. The van der Waals surface area contributed by atoms with Crippen LogP contribution in [0.25, 0.3) is 0 Å². The van der Waals surface area contributed by atoms with Gasteiger partial charge in [-0.15, -0.1) is 0 Å². The predicted molar refractivity (Wildman–Crippen MR) is 99.2 cm³/mol. The van der Waals surface area contributed by atoms with E-state index < -0.39 is 6.04 Å². The molecule has 0 unspecified atom stereocenters. The minimum Gasteiger partial charge on any atom is -0.336 e. The number of amides is 2. The minimum absolute atomic E-state index is 0.199. The fraction of sp³-hybridized carbons (Fsp3) is 0.500. The maximum absolute atomic E-state index is 13.7. The van der Waals surface area contributed by atoms with Gasteiger partial charge in [0.05, 0.1) is 0 Å². The molecular weight excluding hydrogens is 331 g/mol. The topological polar surface area (TPSA) is 59.0 Å². The molecule has 0 radical (unpaired) electrons. The third kappa shape index (κ3) is 4.84. The van der Waals surface area contributed by atoms with Crippen LogP contribution < -0.4 is 10.6 Å². The number of halogens is 1. The van der Waals surface area contributed by atoms with Gasteiger partial charge in [-0.25, -0.2) is 14.2 Å². The Labute approximate surface area is 154 Å². The highest BCUT2D eigenvalue weighted by Gasteiger charge is 2.22. The number of nitrogens with one attached hydrogen (secondary N) is 2. The highest BCUT2D eigenvalue weighted by molar-refractivity contribution is 5.75. The van der Waals surface area contributed by atoms with Gasteiger partial charge in [-0.1, -0.05) is 44.2 Å². The number of benzene rings is 1. The number of aryl methyl sites for hydroxylation is 1. The lowest BCUT2D eigenvalue weighted by Gasteiger charge is -2.24.